The SMILES string of the molecule is c1ccc(-c2cccc(-c3nc(-c4ccccc4)nc(-n4c5ccc(-c6ccccc6)cc5c5ccc6c7cc(-c8ccccc8)ccc7n(-c7ccccc7)c6c54)n3)c2)cc1. The fourth-order valence-corrected chi connectivity index (χ4v) is 9.05. The van der Waals surface area contributed by atoms with Crippen molar-refractivity contribution in [1.82, 2.24) is 24.1 Å². The zero-order chi connectivity index (χ0) is 41.0. The third kappa shape index (κ3) is 5.98. The summed E-state index contributed by atoms with van der Waals surface area (Å²) in [4.78, 5) is 16.0. The first-order valence-electron chi connectivity index (χ1n) is 20.9. The Hall–Kier alpha value is -8.41. The number of para-hydroxylation sites is 1. The molecule has 9 aromatic carbocycles. The van der Waals surface area contributed by atoms with Gasteiger partial charge in [0.1, 0.15) is 0 Å². The van der Waals surface area contributed by atoms with E-state index in [2.05, 4.69) is 209 Å². The minimum Gasteiger partial charge on any atom is -0.307 e. The second kappa shape index (κ2) is 14.7. The molecule has 0 amide bonds. The first kappa shape index (κ1) is 35.5. The number of fused-ring (bicyclic) bond motifs is 7. The van der Waals surface area contributed by atoms with Crippen molar-refractivity contribution in [1.29, 1.82) is 0 Å². The zero-order valence-corrected chi connectivity index (χ0v) is 33.6. The molecule has 0 aliphatic rings. The van der Waals surface area contributed by atoms with Gasteiger partial charge in [-0.25, -0.2) is 4.98 Å². The molecular weight excluding hydrogens is 755 g/mol. The van der Waals surface area contributed by atoms with Crippen molar-refractivity contribution in [2.24, 2.45) is 0 Å². The van der Waals surface area contributed by atoms with Gasteiger partial charge in [0.05, 0.1) is 22.1 Å². The van der Waals surface area contributed by atoms with E-state index in [-0.39, 0.29) is 0 Å². The molecule has 5 nitrogen and oxygen atoms in total. The highest BCUT2D eigenvalue weighted by atomic mass is 15.2. The molecule has 0 spiro atoms. The van der Waals surface area contributed by atoms with Gasteiger partial charge in [0.15, 0.2) is 11.6 Å². The fourth-order valence-electron chi connectivity index (χ4n) is 9.05. The van der Waals surface area contributed by atoms with Crippen LogP contribution in [0.1, 0.15) is 0 Å². The molecule has 290 valence electrons. The van der Waals surface area contributed by atoms with Gasteiger partial charge in [-0.3, -0.25) is 4.57 Å². The summed E-state index contributed by atoms with van der Waals surface area (Å²) in [6.45, 7) is 0. The maximum atomic E-state index is 5.44. The molecule has 3 aromatic heterocycles. The van der Waals surface area contributed by atoms with E-state index < -0.39 is 0 Å². The van der Waals surface area contributed by atoms with E-state index in [1.807, 2.05) is 24.3 Å². The lowest BCUT2D eigenvalue weighted by atomic mass is 10.0. The van der Waals surface area contributed by atoms with Crippen LogP contribution in [0.3, 0.4) is 0 Å². The fraction of sp³-hybridized carbons (Fsp3) is 0. The Morgan fingerprint density at radius 2 is 0.661 bits per heavy atom. The number of aromatic nitrogens is 5. The van der Waals surface area contributed by atoms with Crippen LogP contribution in [0.2, 0.25) is 0 Å². The van der Waals surface area contributed by atoms with E-state index in [9.17, 15) is 0 Å². The molecule has 12 aromatic rings. The van der Waals surface area contributed by atoms with Crippen LogP contribution in [0, 0.1) is 0 Å². The molecule has 0 aliphatic carbocycles. The number of nitrogens with zero attached hydrogens (tertiary/aromatic N) is 5. The highest BCUT2D eigenvalue weighted by molar-refractivity contribution is 6.24. The average Bonchev–Trinajstić information content (AvgIpc) is 3.87. The monoisotopic (exact) mass is 791 g/mol. The van der Waals surface area contributed by atoms with Gasteiger partial charge in [-0.1, -0.05) is 182 Å². The molecule has 0 saturated carbocycles. The number of benzene rings is 9. The zero-order valence-electron chi connectivity index (χ0n) is 33.6. The summed E-state index contributed by atoms with van der Waals surface area (Å²) >= 11 is 0. The van der Waals surface area contributed by atoms with Crippen LogP contribution in [0.4, 0.5) is 0 Å². The van der Waals surface area contributed by atoms with E-state index in [0.29, 0.717) is 17.6 Å². The van der Waals surface area contributed by atoms with Gasteiger partial charge < -0.3 is 4.57 Å². The van der Waals surface area contributed by atoms with E-state index in [1.165, 1.54) is 16.5 Å². The summed E-state index contributed by atoms with van der Waals surface area (Å²) in [5.74, 6) is 1.76. The molecule has 0 atom stereocenters. The standard InChI is InChI=1S/C57H37N5/c1-6-17-38(18-7-1)42-25-16-26-45(35-42)56-58-55(41-23-12-4-13-24-41)59-57(60-56)62-52-34-30-44(40-21-10-3-11-22-40)37-50(52)48-32-31-47-49-36-43(39-19-8-2-9-20-39)29-33-51(49)61(53(47)54(48)62)46-27-14-5-15-28-46/h1-37H. The lowest BCUT2D eigenvalue weighted by Gasteiger charge is -2.13. The molecule has 0 aliphatic heterocycles. The summed E-state index contributed by atoms with van der Waals surface area (Å²) in [5, 5.41) is 4.55. The topological polar surface area (TPSA) is 48.5 Å². The Morgan fingerprint density at radius 3 is 1.19 bits per heavy atom. The molecule has 12 rings (SSSR count). The summed E-state index contributed by atoms with van der Waals surface area (Å²) in [7, 11) is 0. The van der Waals surface area contributed by atoms with Crippen molar-refractivity contribution >= 4 is 43.6 Å². The lowest BCUT2D eigenvalue weighted by Crippen LogP contribution is -2.07. The minimum atomic E-state index is 0.550. The Kier molecular flexibility index (Phi) is 8.42. The van der Waals surface area contributed by atoms with Gasteiger partial charge in [-0.15, -0.1) is 0 Å². The molecule has 0 fully saturated rings. The summed E-state index contributed by atoms with van der Waals surface area (Å²) in [6, 6.07) is 79.3. The van der Waals surface area contributed by atoms with E-state index >= 15 is 0 Å². The van der Waals surface area contributed by atoms with Gasteiger partial charge in [-0.2, -0.15) is 9.97 Å². The Balaban J connectivity index is 1.21. The van der Waals surface area contributed by atoms with Crippen LogP contribution in [0.15, 0.2) is 224 Å². The van der Waals surface area contributed by atoms with Crippen molar-refractivity contribution in [2.75, 3.05) is 0 Å². The van der Waals surface area contributed by atoms with Crippen LogP contribution in [0.25, 0.3) is 111 Å². The van der Waals surface area contributed by atoms with Gasteiger partial charge in [0, 0.05) is 38.4 Å². The predicted octanol–water partition coefficient (Wildman–Crippen LogP) is 14.4. The Morgan fingerprint density at radius 1 is 0.258 bits per heavy atom. The summed E-state index contributed by atoms with van der Waals surface area (Å²) in [6.07, 6.45) is 0. The van der Waals surface area contributed by atoms with Crippen molar-refractivity contribution in [2.45, 2.75) is 0 Å². The van der Waals surface area contributed by atoms with E-state index in [0.717, 1.165) is 77.3 Å². The highest BCUT2D eigenvalue weighted by Crippen LogP contribution is 2.43. The largest absolute Gasteiger partial charge is 0.307 e. The molecule has 0 saturated heterocycles. The lowest BCUT2D eigenvalue weighted by molar-refractivity contribution is 0.953. The van der Waals surface area contributed by atoms with Crippen molar-refractivity contribution in [3.8, 4) is 67.8 Å². The summed E-state index contributed by atoms with van der Waals surface area (Å²) < 4.78 is 4.69. The second-order valence-corrected chi connectivity index (χ2v) is 15.7. The molecule has 5 heteroatoms. The van der Waals surface area contributed by atoms with Gasteiger partial charge in [-0.05, 0) is 75.8 Å². The first-order chi connectivity index (χ1) is 30.7. The number of hydrogen-bond donors (Lipinski definition) is 0. The number of hydrogen-bond acceptors (Lipinski definition) is 3. The Labute approximate surface area is 358 Å². The molecule has 0 radical (unpaired) electrons. The van der Waals surface area contributed by atoms with E-state index in [4.69, 9.17) is 15.0 Å². The van der Waals surface area contributed by atoms with Crippen molar-refractivity contribution in [3.63, 3.8) is 0 Å². The maximum absolute atomic E-state index is 5.44. The molecule has 0 bridgehead atoms. The normalized spacial score (nSPS) is 11.5. The molecule has 62 heavy (non-hydrogen) atoms. The second-order valence-electron chi connectivity index (χ2n) is 15.7. The molecule has 0 N–H and O–H groups in total. The van der Waals surface area contributed by atoms with Crippen LogP contribution in [-0.2, 0) is 0 Å². The van der Waals surface area contributed by atoms with Crippen LogP contribution in [0.5, 0.6) is 0 Å². The van der Waals surface area contributed by atoms with Gasteiger partial charge >= 0.3 is 0 Å². The van der Waals surface area contributed by atoms with Crippen LogP contribution >= 0.6 is 0 Å². The molecular formula is C57H37N5. The third-order valence-corrected chi connectivity index (χ3v) is 12.0. The molecule has 0 unspecified atom stereocenters. The van der Waals surface area contributed by atoms with E-state index in [1.54, 1.807) is 0 Å². The van der Waals surface area contributed by atoms with Gasteiger partial charge in [0.2, 0.25) is 5.95 Å². The van der Waals surface area contributed by atoms with Crippen molar-refractivity contribution < 1.29 is 0 Å². The Bertz CT molecular complexity index is 3600. The highest BCUT2D eigenvalue weighted by Gasteiger charge is 2.24. The van der Waals surface area contributed by atoms with Gasteiger partial charge in [0.25, 0.3) is 0 Å². The third-order valence-electron chi connectivity index (χ3n) is 12.0. The average molecular weight is 792 g/mol. The van der Waals surface area contributed by atoms with Crippen LogP contribution < -0.4 is 0 Å². The quantitative estimate of drug-likeness (QED) is 0.162. The smallest absolute Gasteiger partial charge is 0.238 e. The maximum Gasteiger partial charge on any atom is 0.238 e. The van der Waals surface area contributed by atoms with Crippen molar-refractivity contribution in [3.05, 3.63) is 224 Å². The number of rotatable bonds is 7. The molecule has 3 heterocycles. The first-order valence-corrected chi connectivity index (χ1v) is 20.9. The summed E-state index contributed by atoms with van der Waals surface area (Å²) in [5.41, 5.74) is 14.0. The predicted molar refractivity (Wildman–Crippen MR) is 256 cm³/mol. The minimum absolute atomic E-state index is 0.550. The van der Waals surface area contributed by atoms with Crippen LogP contribution in [-0.4, -0.2) is 24.1 Å².